The van der Waals surface area contributed by atoms with Crippen molar-refractivity contribution in [2.24, 2.45) is 0 Å². The Balaban J connectivity index is 1.70. The number of carbonyl (C=O) groups excluding carboxylic acids is 4. The van der Waals surface area contributed by atoms with Crippen molar-refractivity contribution >= 4 is 35.0 Å². The Hall–Kier alpha value is -4.33. The number of rotatable bonds is 6. The maximum atomic E-state index is 14.6. The molecular formula is C27H24FN3O4. The minimum atomic E-state index is -1.11. The minimum absolute atomic E-state index is 0.173. The van der Waals surface area contributed by atoms with E-state index in [1.807, 2.05) is 30.3 Å². The van der Waals surface area contributed by atoms with Gasteiger partial charge in [0.1, 0.15) is 11.9 Å². The summed E-state index contributed by atoms with van der Waals surface area (Å²) < 4.78 is 14.6. The lowest BCUT2D eigenvalue weighted by Gasteiger charge is -2.33. The molecule has 2 atom stereocenters. The van der Waals surface area contributed by atoms with E-state index in [2.05, 4.69) is 5.32 Å². The lowest BCUT2D eigenvalue weighted by Crippen LogP contribution is -2.47. The first-order valence-corrected chi connectivity index (χ1v) is 11.1. The highest BCUT2D eigenvalue weighted by atomic mass is 19.1. The molecule has 1 aliphatic heterocycles. The van der Waals surface area contributed by atoms with Gasteiger partial charge < -0.3 is 10.2 Å². The lowest BCUT2D eigenvalue weighted by atomic mass is 10.0. The summed E-state index contributed by atoms with van der Waals surface area (Å²) >= 11 is 0. The smallest absolute Gasteiger partial charge is 0.258 e. The zero-order valence-corrected chi connectivity index (χ0v) is 19.3. The molecule has 0 aliphatic carbocycles. The summed E-state index contributed by atoms with van der Waals surface area (Å²) in [5.41, 5.74) is 1.41. The van der Waals surface area contributed by atoms with Crippen LogP contribution in [0.2, 0.25) is 0 Å². The summed E-state index contributed by atoms with van der Waals surface area (Å²) in [6, 6.07) is 19.2. The number of nitrogens with zero attached hydrogens (tertiary/aromatic N) is 2. The van der Waals surface area contributed by atoms with Gasteiger partial charge in [0.05, 0.1) is 23.7 Å². The van der Waals surface area contributed by atoms with Crippen LogP contribution in [0.4, 0.5) is 15.8 Å². The Kier molecular flexibility index (Phi) is 6.73. The molecule has 0 saturated carbocycles. The number of nitrogens with one attached hydrogen (secondary N) is 1. The highest BCUT2D eigenvalue weighted by Gasteiger charge is 2.46. The molecule has 3 aromatic carbocycles. The molecule has 1 N–H and O–H groups in total. The van der Waals surface area contributed by atoms with E-state index in [0.717, 1.165) is 10.5 Å². The Morgan fingerprint density at radius 2 is 1.60 bits per heavy atom. The van der Waals surface area contributed by atoms with E-state index in [1.165, 1.54) is 30.0 Å². The Labute approximate surface area is 202 Å². The molecule has 2 unspecified atom stereocenters. The Morgan fingerprint density at radius 3 is 2.23 bits per heavy atom. The monoisotopic (exact) mass is 473 g/mol. The van der Waals surface area contributed by atoms with Gasteiger partial charge in [-0.15, -0.1) is 0 Å². The number of halogens is 1. The van der Waals surface area contributed by atoms with Crippen molar-refractivity contribution in [3.05, 3.63) is 95.8 Å². The van der Waals surface area contributed by atoms with Crippen LogP contribution in [0.15, 0.2) is 78.9 Å². The van der Waals surface area contributed by atoms with Crippen molar-refractivity contribution in [2.45, 2.75) is 32.4 Å². The highest BCUT2D eigenvalue weighted by Crippen LogP contribution is 2.33. The van der Waals surface area contributed by atoms with Crippen LogP contribution in [-0.2, 0) is 14.4 Å². The number of hydrogen-bond acceptors (Lipinski definition) is 4. The molecule has 4 amide bonds. The summed E-state index contributed by atoms with van der Waals surface area (Å²) in [5, 5.41) is 2.63. The second-order valence-electron chi connectivity index (χ2n) is 8.29. The standard InChI is InChI=1S/C27H24FN3O4/c1-17(19-8-4-3-5-9-19)30(26(34)22-10-6-7-11-23(22)28)24-16-25(33)31(27(24)35)21-14-12-20(13-15-21)29-18(2)32/h3-15,17,24H,16H2,1-2H3,(H,29,32). The van der Waals surface area contributed by atoms with E-state index in [9.17, 15) is 23.6 Å². The zero-order valence-electron chi connectivity index (χ0n) is 19.3. The first kappa shape index (κ1) is 23.8. The number of amides is 4. The number of benzene rings is 3. The van der Waals surface area contributed by atoms with Crippen molar-refractivity contribution in [1.82, 2.24) is 4.90 Å². The van der Waals surface area contributed by atoms with Crippen molar-refractivity contribution in [1.29, 1.82) is 0 Å². The van der Waals surface area contributed by atoms with Crippen molar-refractivity contribution < 1.29 is 23.6 Å². The van der Waals surface area contributed by atoms with E-state index >= 15 is 0 Å². The van der Waals surface area contributed by atoms with Gasteiger partial charge in [-0.25, -0.2) is 9.29 Å². The molecule has 0 aromatic heterocycles. The van der Waals surface area contributed by atoms with Gasteiger partial charge >= 0.3 is 0 Å². The van der Waals surface area contributed by atoms with Gasteiger partial charge in [-0.1, -0.05) is 42.5 Å². The second kappa shape index (κ2) is 9.89. The van der Waals surface area contributed by atoms with Crippen LogP contribution < -0.4 is 10.2 Å². The van der Waals surface area contributed by atoms with Gasteiger partial charge in [-0.2, -0.15) is 0 Å². The summed E-state index contributed by atoms with van der Waals surface area (Å²) in [7, 11) is 0. The fraction of sp³-hybridized carbons (Fsp3) is 0.185. The molecule has 178 valence electrons. The SMILES string of the molecule is CC(=O)Nc1ccc(N2C(=O)CC(N(C(=O)c3ccccc3F)C(C)c3ccccc3)C2=O)cc1. The summed E-state index contributed by atoms with van der Waals surface area (Å²) in [4.78, 5) is 53.7. The van der Waals surface area contributed by atoms with Gasteiger partial charge in [-0.05, 0) is 48.9 Å². The van der Waals surface area contributed by atoms with Gasteiger partial charge in [0.25, 0.3) is 11.8 Å². The first-order chi connectivity index (χ1) is 16.8. The molecule has 7 nitrogen and oxygen atoms in total. The van der Waals surface area contributed by atoms with E-state index in [4.69, 9.17) is 0 Å². The predicted octanol–water partition coefficient (Wildman–Crippen LogP) is 4.32. The minimum Gasteiger partial charge on any atom is -0.326 e. The summed E-state index contributed by atoms with van der Waals surface area (Å²) in [6.45, 7) is 3.12. The first-order valence-electron chi connectivity index (χ1n) is 11.1. The Morgan fingerprint density at radius 1 is 0.971 bits per heavy atom. The summed E-state index contributed by atoms with van der Waals surface area (Å²) in [5.74, 6) is -2.67. The molecule has 4 rings (SSSR count). The van der Waals surface area contributed by atoms with E-state index in [-0.39, 0.29) is 17.9 Å². The fourth-order valence-corrected chi connectivity index (χ4v) is 4.25. The van der Waals surface area contributed by atoms with Crippen molar-refractivity contribution in [2.75, 3.05) is 10.2 Å². The molecule has 8 heteroatoms. The molecule has 1 fully saturated rings. The van der Waals surface area contributed by atoms with Crippen LogP contribution in [0.1, 0.15) is 42.2 Å². The average Bonchev–Trinajstić information content (AvgIpc) is 3.13. The third-order valence-corrected chi connectivity index (χ3v) is 5.94. The second-order valence-corrected chi connectivity index (χ2v) is 8.29. The van der Waals surface area contributed by atoms with Crippen LogP contribution in [0.25, 0.3) is 0 Å². The van der Waals surface area contributed by atoms with Crippen LogP contribution in [0, 0.1) is 5.82 Å². The van der Waals surface area contributed by atoms with Gasteiger partial charge in [0.2, 0.25) is 11.8 Å². The maximum absolute atomic E-state index is 14.6. The van der Waals surface area contributed by atoms with Crippen LogP contribution in [0.5, 0.6) is 0 Å². The molecular weight excluding hydrogens is 449 g/mol. The van der Waals surface area contributed by atoms with Crippen LogP contribution in [-0.4, -0.2) is 34.6 Å². The van der Waals surface area contributed by atoms with Crippen molar-refractivity contribution in [3.8, 4) is 0 Å². The molecule has 0 radical (unpaired) electrons. The number of hydrogen-bond donors (Lipinski definition) is 1. The molecule has 35 heavy (non-hydrogen) atoms. The number of carbonyl (C=O) groups is 4. The molecule has 1 aliphatic rings. The molecule has 0 spiro atoms. The highest BCUT2D eigenvalue weighted by molar-refractivity contribution is 6.23. The van der Waals surface area contributed by atoms with E-state index < -0.39 is 35.6 Å². The largest absolute Gasteiger partial charge is 0.326 e. The van der Waals surface area contributed by atoms with Crippen LogP contribution >= 0.6 is 0 Å². The maximum Gasteiger partial charge on any atom is 0.258 e. The molecule has 0 bridgehead atoms. The molecule has 1 heterocycles. The lowest BCUT2D eigenvalue weighted by molar-refractivity contribution is -0.123. The average molecular weight is 474 g/mol. The zero-order chi connectivity index (χ0) is 25.1. The number of anilines is 2. The van der Waals surface area contributed by atoms with Crippen molar-refractivity contribution in [3.63, 3.8) is 0 Å². The fourth-order valence-electron chi connectivity index (χ4n) is 4.25. The summed E-state index contributed by atoms with van der Waals surface area (Å²) in [6.07, 6.45) is -0.232. The van der Waals surface area contributed by atoms with E-state index in [1.54, 1.807) is 37.3 Å². The van der Waals surface area contributed by atoms with Gasteiger partial charge in [0.15, 0.2) is 0 Å². The third-order valence-electron chi connectivity index (χ3n) is 5.94. The normalized spacial score (nSPS) is 16.2. The molecule has 3 aromatic rings. The van der Waals surface area contributed by atoms with Gasteiger partial charge in [0, 0.05) is 12.6 Å². The predicted molar refractivity (Wildman–Crippen MR) is 129 cm³/mol. The molecule has 1 saturated heterocycles. The van der Waals surface area contributed by atoms with Gasteiger partial charge in [-0.3, -0.25) is 19.2 Å². The topological polar surface area (TPSA) is 86.8 Å². The quantitative estimate of drug-likeness (QED) is 0.541. The van der Waals surface area contributed by atoms with E-state index in [0.29, 0.717) is 11.4 Å². The Bertz CT molecular complexity index is 1280. The van der Waals surface area contributed by atoms with Crippen LogP contribution in [0.3, 0.4) is 0 Å². The third kappa shape index (κ3) is 4.82. The number of imide groups is 1.